The van der Waals surface area contributed by atoms with E-state index in [9.17, 15) is 13.3 Å². The molecule has 6 nitrogen and oxygen atoms in total. The van der Waals surface area contributed by atoms with E-state index in [0.29, 0.717) is 19.4 Å². The number of nitrogens with zero attached hydrogens (tertiary/aromatic N) is 1. The van der Waals surface area contributed by atoms with Crippen molar-refractivity contribution < 1.29 is 43.2 Å². The Hall–Kier alpha value is -1.68. The first kappa shape index (κ1) is 20.1. The first-order chi connectivity index (χ1) is 13.1. The molecule has 0 spiro atoms. The molecule has 1 fully saturated rings. The van der Waals surface area contributed by atoms with Crippen molar-refractivity contribution in [3.63, 3.8) is 0 Å². The summed E-state index contributed by atoms with van der Waals surface area (Å²) in [7, 11) is 0. The summed E-state index contributed by atoms with van der Waals surface area (Å²) in [5.41, 5.74) is 0.710. The lowest BCUT2D eigenvalue weighted by atomic mass is 9.83. The molecular weight excluding hydrogens is 461 g/mol. The smallest absolute Gasteiger partial charge is 0.453 e. The van der Waals surface area contributed by atoms with Crippen LogP contribution in [0.4, 0.5) is 4.79 Å². The summed E-state index contributed by atoms with van der Waals surface area (Å²) in [6.45, 7) is 0.692. The van der Waals surface area contributed by atoms with Crippen LogP contribution in [-0.2, 0) is 20.8 Å². The third-order valence-electron chi connectivity index (χ3n) is 4.76. The van der Waals surface area contributed by atoms with E-state index in [1.165, 1.54) is 4.90 Å². The molecule has 0 radical (unpaired) electrons. The number of benzene rings is 2. The Kier molecular flexibility index (Phi) is 7.06. The SMILES string of the molecule is O=C(OCc1ccccc1)N1CC[C@@](O)(Cc2ccccc2)[C@@H](O[I+][O-])C1. The van der Waals surface area contributed by atoms with Gasteiger partial charge in [-0.25, -0.2) is 4.79 Å². The minimum Gasteiger partial charge on any atom is -0.567 e. The van der Waals surface area contributed by atoms with Crippen LogP contribution < -0.4 is 25.5 Å². The van der Waals surface area contributed by atoms with Crippen LogP contribution in [0.25, 0.3) is 0 Å². The van der Waals surface area contributed by atoms with Crippen LogP contribution >= 0.6 is 0 Å². The van der Waals surface area contributed by atoms with Gasteiger partial charge in [-0.2, -0.15) is 0 Å². The van der Waals surface area contributed by atoms with Gasteiger partial charge in [-0.05, 0) is 17.5 Å². The predicted octanol–water partition coefficient (Wildman–Crippen LogP) is -1.33. The Bertz CT molecular complexity index is 730. The largest absolute Gasteiger partial charge is 0.567 e. The Morgan fingerprint density at radius 1 is 1.15 bits per heavy atom. The first-order valence-corrected chi connectivity index (χ1v) is 10.5. The van der Waals surface area contributed by atoms with E-state index in [0.717, 1.165) is 11.1 Å². The third-order valence-corrected chi connectivity index (χ3v) is 5.58. The van der Waals surface area contributed by atoms with Crippen LogP contribution in [0.15, 0.2) is 60.7 Å². The summed E-state index contributed by atoms with van der Waals surface area (Å²) in [6, 6.07) is 19.0. The highest BCUT2D eigenvalue weighted by Crippen LogP contribution is 2.28. The zero-order chi connectivity index (χ0) is 19.1. The van der Waals surface area contributed by atoms with Gasteiger partial charge in [-0.1, -0.05) is 60.7 Å². The van der Waals surface area contributed by atoms with Gasteiger partial charge in [0.25, 0.3) is 0 Å². The number of likely N-dealkylation sites (tertiary alicyclic amines) is 1. The highest BCUT2D eigenvalue weighted by Gasteiger charge is 2.46. The maximum Gasteiger partial charge on any atom is 0.453 e. The summed E-state index contributed by atoms with van der Waals surface area (Å²) in [5, 5.41) is 11.1. The first-order valence-electron chi connectivity index (χ1n) is 8.75. The van der Waals surface area contributed by atoms with Crippen molar-refractivity contribution >= 4 is 6.09 Å². The fraction of sp³-hybridized carbons (Fsp3) is 0.350. The molecule has 1 amide bonds. The number of halogens is 1. The molecule has 1 aliphatic heterocycles. The lowest BCUT2D eigenvalue weighted by molar-refractivity contribution is -1.27. The monoisotopic (exact) mass is 483 g/mol. The van der Waals surface area contributed by atoms with Gasteiger partial charge < -0.3 is 18.2 Å². The topological polar surface area (TPSA) is 82.1 Å². The maximum absolute atomic E-state index is 12.4. The molecule has 1 aliphatic rings. The van der Waals surface area contributed by atoms with Crippen molar-refractivity contribution in [3.05, 3.63) is 71.8 Å². The van der Waals surface area contributed by atoms with Gasteiger partial charge in [0.1, 0.15) is 12.2 Å². The number of hydrogen-bond donors (Lipinski definition) is 1. The summed E-state index contributed by atoms with van der Waals surface area (Å²) in [5.74, 6) is 0. The number of aliphatic hydroxyl groups is 1. The minimum atomic E-state index is -1.73. The van der Waals surface area contributed by atoms with Crippen LogP contribution in [0.2, 0.25) is 0 Å². The van der Waals surface area contributed by atoms with Crippen LogP contribution in [0.5, 0.6) is 0 Å². The van der Waals surface area contributed by atoms with Crippen LogP contribution in [-0.4, -0.2) is 40.9 Å². The Morgan fingerprint density at radius 3 is 2.41 bits per heavy atom. The molecular formula is C20H22INO5. The number of carbonyl (C=O) groups excluding carboxylic acids is 1. The summed E-state index contributed by atoms with van der Waals surface area (Å²) in [6.07, 6.45) is -0.453. The van der Waals surface area contributed by atoms with Crippen LogP contribution in [0.3, 0.4) is 0 Å². The zero-order valence-electron chi connectivity index (χ0n) is 14.8. The fourth-order valence-electron chi connectivity index (χ4n) is 3.23. The van der Waals surface area contributed by atoms with Gasteiger partial charge >= 0.3 is 28.1 Å². The lowest BCUT2D eigenvalue weighted by Crippen LogP contribution is -3.70. The van der Waals surface area contributed by atoms with E-state index in [1.54, 1.807) is 0 Å². The molecule has 3 rings (SSSR count). The van der Waals surface area contributed by atoms with Gasteiger partial charge in [0, 0.05) is 13.0 Å². The van der Waals surface area contributed by atoms with Crippen molar-refractivity contribution in [3.8, 4) is 0 Å². The van der Waals surface area contributed by atoms with E-state index in [1.807, 2.05) is 60.7 Å². The highest BCUT2D eigenvalue weighted by atomic mass is 127. The molecule has 0 aromatic heterocycles. The highest BCUT2D eigenvalue weighted by molar-refractivity contribution is 5.68. The number of piperidine rings is 1. The second-order valence-corrected chi connectivity index (χ2v) is 7.51. The molecule has 0 unspecified atom stereocenters. The molecule has 0 saturated carbocycles. The molecule has 7 heteroatoms. The lowest BCUT2D eigenvalue weighted by Gasteiger charge is -2.41. The molecule has 27 heavy (non-hydrogen) atoms. The van der Waals surface area contributed by atoms with Crippen molar-refractivity contribution in [2.45, 2.75) is 31.2 Å². The third kappa shape index (κ3) is 5.41. The molecule has 0 bridgehead atoms. The maximum atomic E-state index is 12.4. The van der Waals surface area contributed by atoms with Crippen molar-refractivity contribution in [1.82, 2.24) is 4.90 Å². The quantitative estimate of drug-likeness (QED) is 0.515. The van der Waals surface area contributed by atoms with Gasteiger partial charge in [0.2, 0.25) is 0 Å². The minimum absolute atomic E-state index is 0.152. The summed E-state index contributed by atoms with van der Waals surface area (Å²) in [4.78, 5) is 13.9. The van der Waals surface area contributed by atoms with Crippen molar-refractivity contribution in [2.24, 2.45) is 0 Å². The second-order valence-electron chi connectivity index (χ2n) is 6.64. The van der Waals surface area contributed by atoms with Crippen LogP contribution in [0.1, 0.15) is 17.5 Å². The van der Waals surface area contributed by atoms with E-state index in [4.69, 9.17) is 7.80 Å². The Morgan fingerprint density at radius 2 is 1.78 bits per heavy atom. The molecule has 2 atom stereocenters. The van der Waals surface area contributed by atoms with Gasteiger partial charge in [-0.3, -0.25) is 0 Å². The molecule has 2 aromatic rings. The number of rotatable bonds is 6. The number of amides is 1. The van der Waals surface area contributed by atoms with Crippen molar-refractivity contribution in [1.29, 1.82) is 0 Å². The number of carbonyl (C=O) groups is 1. The number of hydrogen-bond acceptors (Lipinski definition) is 5. The average molecular weight is 483 g/mol. The Balaban J connectivity index is 1.61. The normalized spacial score (nSPS) is 22.4. The molecule has 1 heterocycles. The van der Waals surface area contributed by atoms with E-state index >= 15 is 0 Å². The van der Waals surface area contributed by atoms with Crippen molar-refractivity contribution in [2.75, 3.05) is 13.1 Å². The molecule has 1 saturated heterocycles. The van der Waals surface area contributed by atoms with E-state index in [2.05, 4.69) is 0 Å². The predicted molar refractivity (Wildman–Crippen MR) is 92.8 cm³/mol. The van der Waals surface area contributed by atoms with Gasteiger partial charge in [-0.15, -0.1) is 3.07 Å². The van der Waals surface area contributed by atoms with Crippen LogP contribution in [0, 0.1) is 0 Å². The molecule has 2 aromatic carbocycles. The molecule has 1 N–H and O–H groups in total. The standard InChI is InChI=1S/C20H22INO5/c23-19(26-15-17-9-5-2-6-10-17)22-12-11-20(24,18(14-22)27-21-25)13-16-7-3-1-4-8-16/h1-10,18,24H,11-15H2/t18-,20+/m0/s1. The second kappa shape index (κ2) is 9.50. The van der Waals surface area contributed by atoms with E-state index < -0.39 is 39.8 Å². The molecule has 0 aliphatic carbocycles. The summed E-state index contributed by atoms with van der Waals surface area (Å²) < 4.78 is 21.9. The van der Waals surface area contributed by atoms with Gasteiger partial charge in [0.05, 0.1) is 6.54 Å². The average Bonchev–Trinajstić information content (AvgIpc) is 2.69. The fourth-order valence-corrected chi connectivity index (χ4v) is 4.12. The Labute approximate surface area is 170 Å². The molecule has 144 valence electrons. The zero-order valence-corrected chi connectivity index (χ0v) is 16.9. The van der Waals surface area contributed by atoms with E-state index in [-0.39, 0.29) is 13.2 Å². The number of ether oxygens (including phenoxy) is 1. The van der Waals surface area contributed by atoms with Gasteiger partial charge in [0.15, 0.2) is 6.10 Å². The summed E-state index contributed by atoms with van der Waals surface area (Å²) >= 11 is -1.73.